The summed E-state index contributed by atoms with van der Waals surface area (Å²) in [6.07, 6.45) is 2.09. The molecule has 0 spiro atoms. The first-order chi connectivity index (χ1) is 13.1. The number of benzene rings is 2. The molecule has 2 heterocycles. The lowest BCUT2D eigenvalue weighted by Gasteiger charge is -2.23. The number of likely N-dealkylation sites (tertiary alicyclic amines) is 1. The van der Waals surface area contributed by atoms with E-state index in [9.17, 15) is 4.79 Å². The van der Waals surface area contributed by atoms with Gasteiger partial charge in [0.15, 0.2) is 11.0 Å². The van der Waals surface area contributed by atoms with Gasteiger partial charge in [-0.25, -0.2) is 0 Å². The van der Waals surface area contributed by atoms with Crippen molar-refractivity contribution in [1.29, 1.82) is 0 Å². The van der Waals surface area contributed by atoms with E-state index < -0.39 is 0 Å². The Labute approximate surface area is 158 Å². The molecule has 0 radical (unpaired) electrons. The molecule has 4 rings (SSSR count). The van der Waals surface area contributed by atoms with Crippen LogP contribution < -0.4 is 14.9 Å². The molecule has 5 nitrogen and oxygen atoms in total. The number of methoxy groups -OCH3 is 2. The molecule has 1 unspecified atom stereocenters. The van der Waals surface area contributed by atoms with E-state index in [1.54, 1.807) is 20.3 Å². The van der Waals surface area contributed by atoms with Crippen LogP contribution in [0.3, 0.4) is 0 Å². The molecule has 1 atom stereocenters. The van der Waals surface area contributed by atoms with E-state index in [0.717, 1.165) is 30.5 Å². The van der Waals surface area contributed by atoms with E-state index in [1.165, 1.54) is 6.07 Å². The van der Waals surface area contributed by atoms with Crippen molar-refractivity contribution in [2.45, 2.75) is 18.9 Å². The Kier molecular flexibility index (Phi) is 4.62. The molecule has 27 heavy (non-hydrogen) atoms. The first-order valence-corrected chi connectivity index (χ1v) is 9.12. The SMILES string of the molecule is COc1cc(OC)c2c(=O)cc(-c3ccccc3)oc2c1C1CCCN1C. The van der Waals surface area contributed by atoms with Gasteiger partial charge in [0.05, 0.1) is 19.8 Å². The van der Waals surface area contributed by atoms with Gasteiger partial charge in [-0.2, -0.15) is 0 Å². The fourth-order valence-corrected chi connectivity index (χ4v) is 3.96. The van der Waals surface area contributed by atoms with Crippen LogP contribution in [-0.2, 0) is 0 Å². The first kappa shape index (κ1) is 17.6. The minimum atomic E-state index is -0.114. The van der Waals surface area contributed by atoms with Crippen LogP contribution in [0.15, 0.2) is 51.7 Å². The van der Waals surface area contributed by atoms with Crippen molar-refractivity contribution in [2.24, 2.45) is 0 Å². The van der Waals surface area contributed by atoms with Crippen LogP contribution in [0.5, 0.6) is 11.5 Å². The Bertz CT molecular complexity index is 1030. The van der Waals surface area contributed by atoms with Gasteiger partial charge in [0.1, 0.15) is 22.6 Å². The third-order valence-electron chi connectivity index (χ3n) is 5.32. The fraction of sp³-hybridized carbons (Fsp3) is 0.318. The minimum Gasteiger partial charge on any atom is -0.496 e. The second-order valence-corrected chi connectivity index (χ2v) is 6.88. The summed E-state index contributed by atoms with van der Waals surface area (Å²) in [6, 6.07) is 13.1. The molecule has 1 aliphatic heterocycles. The maximum Gasteiger partial charge on any atom is 0.197 e. The average molecular weight is 365 g/mol. The second kappa shape index (κ2) is 7.08. The molecule has 0 bridgehead atoms. The van der Waals surface area contributed by atoms with Gasteiger partial charge in [0.2, 0.25) is 0 Å². The molecular formula is C22H23NO4. The van der Waals surface area contributed by atoms with Gasteiger partial charge in [0, 0.05) is 23.7 Å². The van der Waals surface area contributed by atoms with Crippen LogP contribution in [0.4, 0.5) is 0 Å². The van der Waals surface area contributed by atoms with Crippen LogP contribution in [0, 0.1) is 0 Å². The molecule has 1 saturated heterocycles. The van der Waals surface area contributed by atoms with E-state index in [4.69, 9.17) is 13.9 Å². The highest BCUT2D eigenvalue weighted by molar-refractivity contribution is 5.90. The quantitative estimate of drug-likeness (QED) is 0.692. The molecular weight excluding hydrogens is 342 g/mol. The van der Waals surface area contributed by atoms with Crippen molar-refractivity contribution in [3.05, 3.63) is 58.3 Å². The lowest BCUT2D eigenvalue weighted by molar-refractivity contribution is 0.304. The molecule has 1 aromatic heterocycles. The lowest BCUT2D eigenvalue weighted by Crippen LogP contribution is -2.19. The normalized spacial score (nSPS) is 17.4. The summed E-state index contributed by atoms with van der Waals surface area (Å²) in [4.78, 5) is 15.3. The summed E-state index contributed by atoms with van der Waals surface area (Å²) in [5.41, 5.74) is 2.22. The van der Waals surface area contributed by atoms with E-state index in [0.29, 0.717) is 28.2 Å². The number of nitrogens with zero attached hydrogens (tertiary/aromatic N) is 1. The van der Waals surface area contributed by atoms with Gasteiger partial charge >= 0.3 is 0 Å². The second-order valence-electron chi connectivity index (χ2n) is 6.88. The van der Waals surface area contributed by atoms with E-state index in [2.05, 4.69) is 11.9 Å². The number of ether oxygens (including phenoxy) is 2. The van der Waals surface area contributed by atoms with Crippen LogP contribution in [0.2, 0.25) is 0 Å². The van der Waals surface area contributed by atoms with Crippen molar-refractivity contribution < 1.29 is 13.9 Å². The van der Waals surface area contributed by atoms with Gasteiger partial charge in [-0.3, -0.25) is 9.69 Å². The predicted octanol–water partition coefficient (Wildman–Crippen LogP) is 4.24. The third-order valence-corrected chi connectivity index (χ3v) is 5.32. The monoisotopic (exact) mass is 365 g/mol. The van der Waals surface area contributed by atoms with Crippen LogP contribution in [0.1, 0.15) is 24.4 Å². The highest BCUT2D eigenvalue weighted by atomic mass is 16.5. The lowest BCUT2D eigenvalue weighted by atomic mass is 9.99. The molecule has 0 aliphatic carbocycles. The number of hydrogen-bond donors (Lipinski definition) is 0. The summed E-state index contributed by atoms with van der Waals surface area (Å²) in [6.45, 7) is 1.00. The van der Waals surface area contributed by atoms with E-state index in [1.807, 2.05) is 30.3 Å². The van der Waals surface area contributed by atoms with E-state index in [-0.39, 0.29) is 11.5 Å². The van der Waals surface area contributed by atoms with Gasteiger partial charge in [-0.1, -0.05) is 30.3 Å². The van der Waals surface area contributed by atoms with Gasteiger partial charge in [-0.15, -0.1) is 0 Å². The molecule has 5 heteroatoms. The molecule has 1 aliphatic rings. The summed E-state index contributed by atoms with van der Waals surface area (Å²) in [5, 5.41) is 0.466. The minimum absolute atomic E-state index is 0.114. The number of rotatable bonds is 4. The first-order valence-electron chi connectivity index (χ1n) is 9.12. The zero-order valence-electron chi connectivity index (χ0n) is 15.8. The van der Waals surface area contributed by atoms with Crippen LogP contribution in [-0.4, -0.2) is 32.7 Å². The highest BCUT2D eigenvalue weighted by Crippen LogP contribution is 2.44. The van der Waals surface area contributed by atoms with Gasteiger partial charge in [0.25, 0.3) is 0 Å². The third kappa shape index (κ3) is 2.98. The van der Waals surface area contributed by atoms with Gasteiger partial charge < -0.3 is 13.9 Å². The summed E-state index contributed by atoms with van der Waals surface area (Å²) < 4.78 is 17.5. The molecule has 0 saturated carbocycles. The smallest absolute Gasteiger partial charge is 0.197 e. The van der Waals surface area contributed by atoms with Gasteiger partial charge in [-0.05, 0) is 26.4 Å². The zero-order valence-corrected chi connectivity index (χ0v) is 15.8. The molecule has 1 fully saturated rings. The summed E-state index contributed by atoms with van der Waals surface area (Å²) in [7, 11) is 5.28. The largest absolute Gasteiger partial charge is 0.496 e. The number of hydrogen-bond acceptors (Lipinski definition) is 5. The Morgan fingerprint density at radius 3 is 2.44 bits per heavy atom. The van der Waals surface area contributed by atoms with E-state index >= 15 is 0 Å². The maximum absolute atomic E-state index is 13.0. The highest BCUT2D eigenvalue weighted by Gasteiger charge is 2.30. The molecule has 2 aromatic carbocycles. The topological polar surface area (TPSA) is 51.9 Å². The van der Waals surface area contributed by atoms with Crippen molar-refractivity contribution in [3.8, 4) is 22.8 Å². The zero-order chi connectivity index (χ0) is 19.0. The fourth-order valence-electron chi connectivity index (χ4n) is 3.96. The Balaban J connectivity index is 2.07. The molecule has 3 aromatic rings. The molecule has 0 N–H and O–H groups in total. The Morgan fingerprint density at radius 1 is 1.07 bits per heavy atom. The predicted molar refractivity (Wildman–Crippen MR) is 106 cm³/mol. The maximum atomic E-state index is 13.0. The van der Waals surface area contributed by atoms with Crippen molar-refractivity contribution in [3.63, 3.8) is 0 Å². The molecule has 140 valence electrons. The van der Waals surface area contributed by atoms with Crippen molar-refractivity contribution >= 4 is 11.0 Å². The average Bonchev–Trinajstić information content (AvgIpc) is 3.12. The van der Waals surface area contributed by atoms with Crippen molar-refractivity contribution in [1.82, 2.24) is 4.90 Å². The Hall–Kier alpha value is -2.79. The summed E-state index contributed by atoms with van der Waals surface area (Å²) in [5.74, 6) is 1.70. The molecule has 0 amide bonds. The Morgan fingerprint density at radius 2 is 1.81 bits per heavy atom. The standard InChI is InChI=1S/C22H23NO4/c1-23-11-7-10-15(23)20-18(25-2)13-19(26-3)21-16(24)12-17(27-22(20)21)14-8-5-4-6-9-14/h4-6,8-9,12-13,15H,7,10-11H2,1-3H3. The van der Waals surface area contributed by atoms with Crippen LogP contribution >= 0.6 is 0 Å². The summed E-state index contributed by atoms with van der Waals surface area (Å²) >= 11 is 0. The van der Waals surface area contributed by atoms with Crippen molar-refractivity contribution in [2.75, 3.05) is 27.8 Å². The number of fused-ring (bicyclic) bond motifs is 1. The van der Waals surface area contributed by atoms with Crippen LogP contribution in [0.25, 0.3) is 22.3 Å².